The average molecular weight is 315 g/mol. The number of thioether (sulfide) groups is 1. The van der Waals surface area contributed by atoms with Gasteiger partial charge in [0.15, 0.2) is 0 Å². The molecule has 3 rings (SSSR count). The van der Waals surface area contributed by atoms with Gasteiger partial charge < -0.3 is 0 Å². The second kappa shape index (κ2) is 6.61. The van der Waals surface area contributed by atoms with Crippen molar-refractivity contribution in [1.82, 2.24) is 10.3 Å². The Morgan fingerprint density at radius 1 is 1.38 bits per heavy atom. The molecule has 108 valence electrons. The normalized spacial score (nSPS) is 17.1. The second-order valence-corrected chi connectivity index (χ2v) is 7.43. The Morgan fingerprint density at radius 2 is 2.19 bits per heavy atom. The number of nitrogens with zero attached hydrogens (tertiary/aromatic N) is 2. The second-order valence-electron chi connectivity index (χ2n) is 5.20. The predicted molar refractivity (Wildman–Crippen MR) is 87.3 cm³/mol. The lowest BCUT2D eigenvalue weighted by molar-refractivity contribution is 0.412. The Hall–Kier alpha value is -1.35. The minimum absolute atomic E-state index is 0.495. The van der Waals surface area contributed by atoms with E-state index in [0.29, 0.717) is 6.04 Å². The molecule has 1 aromatic heterocycles. The molecule has 0 aliphatic heterocycles. The number of hydrogen-bond acceptors (Lipinski definition) is 5. The molecule has 21 heavy (non-hydrogen) atoms. The van der Waals surface area contributed by atoms with Crippen LogP contribution in [0.1, 0.15) is 24.8 Å². The van der Waals surface area contributed by atoms with E-state index in [0.717, 1.165) is 22.1 Å². The summed E-state index contributed by atoms with van der Waals surface area (Å²) in [4.78, 5) is 4.29. The number of benzene rings is 1. The summed E-state index contributed by atoms with van der Waals surface area (Å²) in [6.07, 6.45) is 4.96. The maximum Gasteiger partial charge on any atom is 0.149 e. The van der Waals surface area contributed by atoms with Gasteiger partial charge in [0, 0.05) is 23.4 Å². The van der Waals surface area contributed by atoms with Gasteiger partial charge in [0.1, 0.15) is 9.88 Å². The zero-order valence-electron chi connectivity index (χ0n) is 11.7. The predicted octanol–water partition coefficient (Wildman–Crippen LogP) is 3.80. The van der Waals surface area contributed by atoms with Gasteiger partial charge in [-0.1, -0.05) is 42.1 Å². The Labute approximate surface area is 133 Å². The highest BCUT2D eigenvalue weighted by Gasteiger charge is 2.37. The Balaban J connectivity index is 1.73. The van der Waals surface area contributed by atoms with Crippen molar-refractivity contribution in [2.24, 2.45) is 0 Å². The fraction of sp³-hybridized carbons (Fsp3) is 0.375. The lowest BCUT2D eigenvalue weighted by Crippen LogP contribution is -2.43. The molecule has 1 aliphatic rings. The standard InChI is InChI=1S/C16H17N3S2/c17-12-16(19-14-6-7-14,13-4-2-1-3-5-13)8-10-20-15-18-9-11-21-15/h1-5,9,11,14,19H,6-8,10H2. The number of thiazole rings is 1. The fourth-order valence-electron chi connectivity index (χ4n) is 2.32. The molecule has 1 fully saturated rings. The van der Waals surface area contributed by atoms with E-state index in [1.165, 1.54) is 12.8 Å². The van der Waals surface area contributed by atoms with Gasteiger partial charge in [0.25, 0.3) is 0 Å². The van der Waals surface area contributed by atoms with Crippen LogP contribution in [0.15, 0.2) is 46.2 Å². The van der Waals surface area contributed by atoms with Gasteiger partial charge in [-0.25, -0.2) is 4.98 Å². The monoisotopic (exact) mass is 315 g/mol. The van der Waals surface area contributed by atoms with E-state index in [1.807, 2.05) is 41.9 Å². The molecule has 1 N–H and O–H groups in total. The van der Waals surface area contributed by atoms with E-state index in [4.69, 9.17) is 0 Å². The Kier molecular flexibility index (Phi) is 4.59. The van der Waals surface area contributed by atoms with Crippen molar-refractivity contribution in [2.75, 3.05) is 5.75 Å². The molecule has 0 amide bonds. The largest absolute Gasteiger partial charge is 0.293 e. The molecule has 1 saturated carbocycles. The zero-order chi connectivity index (χ0) is 14.5. The van der Waals surface area contributed by atoms with Gasteiger partial charge in [0.05, 0.1) is 6.07 Å². The summed E-state index contributed by atoms with van der Waals surface area (Å²) in [5, 5.41) is 15.4. The lowest BCUT2D eigenvalue weighted by Gasteiger charge is -2.28. The Bertz CT molecular complexity index is 602. The summed E-state index contributed by atoms with van der Waals surface area (Å²) < 4.78 is 1.07. The molecule has 3 nitrogen and oxygen atoms in total. The average Bonchev–Trinajstić information content (AvgIpc) is 3.19. The summed E-state index contributed by atoms with van der Waals surface area (Å²) in [5.41, 5.74) is 0.492. The first-order valence-corrected chi connectivity index (χ1v) is 8.96. The van der Waals surface area contributed by atoms with E-state index in [1.54, 1.807) is 23.1 Å². The van der Waals surface area contributed by atoms with Crippen LogP contribution in [0, 0.1) is 11.3 Å². The van der Waals surface area contributed by atoms with Crippen LogP contribution in [0.25, 0.3) is 0 Å². The first-order chi connectivity index (χ1) is 10.3. The molecule has 2 aromatic rings. The van der Waals surface area contributed by atoms with Gasteiger partial charge in [-0.3, -0.25) is 5.32 Å². The van der Waals surface area contributed by atoms with E-state index in [9.17, 15) is 5.26 Å². The molecule has 0 saturated heterocycles. The third-order valence-electron chi connectivity index (χ3n) is 3.60. The molecule has 0 radical (unpaired) electrons. The molecule has 1 heterocycles. The summed E-state index contributed by atoms with van der Waals surface area (Å²) in [6, 6.07) is 13.1. The smallest absolute Gasteiger partial charge is 0.149 e. The van der Waals surface area contributed by atoms with Crippen LogP contribution in [0.4, 0.5) is 0 Å². The molecular weight excluding hydrogens is 298 g/mol. The number of aromatic nitrogens is 1. The minimum Gasteiger partial charge on any atom is -0.293 e. The van der Waals surface area contributed by atoms with Crippen LogP contribution in [0.2, 0.25) is 0 Å². The summed E-state index contributed by atoms with van der Waals surface area (Å²) in [5.74, 6) is 0.885. The molecule has 0 spiro atoms. The molecule has 5 heteroatoms. The van der Waals surface area contributed by atoms with Crippen LogP contribution < -0.4 is 5.32 Å². The van der Waals surface area contributed by atoms with Gasteiger partial charge in [0.2, 0.25) is 0 Å². The van der Waals surface area contributed by atoms with Gasteiger partial charge >= 0.3 is 0 Å². The number of hydrogen-bond donors (Lipinski definition) is 1. The molecule has 1 aromatic carbocycles. The number of nitriles is 1. The van der Waals surface area contributed by atoms with Crippen LogP contribution in [-0.4, -0.2) is 16.8 Å². The van der Waals surface area contributed by atoms with E-state index >= 15 is 0 Å². The zero-order valence-corrected chi connectivity index (χ0v) is 13.3. The third-order valence-corrected chi connectivity index (χ3v) is 5.57. The highest BCUT2D eigenvalue weighted by atomic mass is 32.2. The maximum atomic E-state index is 9.83. The first kappa shape index (κ1) is 14.6. The van der Waals surface area contributed by atoms with Crippen LogP contribution in [-0.2, 0) is 5.54 Å². The van der Waals surface area contributed by atoms with Crippen molar-refractivity contribution in [3.8, 4) is 6.07 Å². The van der Waals surface area contributed by atoms with Crippen molar-refractivity contribution >= 4 is 23.1 Å². The van der Waals surface area contributed by atoms with Crippen molar-refractivity contribution in [1.29, 1.82) is 5.26 Å². The van der Waals surface area contributed by atoms with E-state index < -0.39 is 5.54 Å². The summed E-state index contributed by atoms with van der Waals surface area (Å²) >= 11 is 3.38. The van der Waals surface area contributed by atoms with Crippen molar-refractivity contribution in [3.05, 3.63) is 47.5 Å². The maximum absolute atomic E-state index is 9.83. The van der Waals surface area contributed by atoms with Gasteiger partial charge in [-0.2, -0.15) is 5.26 Å². The lowest BCUT2D eigenvalue weighted by atomic mass is 9.88. The molecule has 0 bridgehead atoms. The van der Waals surface area contributed by atoms with Crippen LogP contribution in [0.3, 0.4) is 0 Å². The van der Waals surface area contributed by atoms with Crippen molar-refractivity contribution in [2.45, 2.75) is 35.2 Å². The summed E-state index contributed by atoms with van der Waals surface area (Å²) in [6.45, 7) is 0. The molecule has 1 unspecified atom stereocenters. The van der Waals surface area contributed by atoms with E-state index in [2.05, 4.69) is 16.4 Å². The molecule has 1 aliphatic carbocycles. The minimum atomic E-state index is -0.577. The van der Waals surface area contributed by atoms with Crippen molar-refractivity contribution < 1.29 is 0 Å². The van der Waals surface area contributed by atoms with Crippen LogP contribution >= 0.6 is 23.1 Å². The fourth-order valence-corrected chi connectivity index (χ4v) is 4.09. The van der Waals surface area contributed by atoms with Crippen LogP contribution in [0.5, 0.6) is 0 Å². The van der Waals surface area contributed by atoms with E-state index in [-0.39, 0.29) is 0 Å². The molecule has 1 atom stereocenters. The third kappa shape index (κ3) is 3.65. The topological polar surface area (TPSA) is 48.7 Å². The first-order valence-electron chi connectivity index (χ1n) is 7.09. The highest BCUT2D eigenvalue weighted by molar-refractivity contribution is 8.00. The SMILES string of the molecule is N#CC(CCSc1nccs1)(NC1CC1)c1ccccc1. The number of nitrogens with one attached hydrogen (secondary N) is 1. The quantitative estimate of drug-likeness (QED) is 0.790. The van der Waals surface area contributed by atoms with Gasteiger partial charge in [-0.05, 0) is 24.8 Å². The summed E-state index contributed by atoms with van der Waals surface area (Å²) in [7, 11) is 0. The van der Waals surface area contributed by atoms with Gasteiger partial charge in [-0.15, -0.1) is 11.3 Å². The highest BCUT2D eigenvalue weighted by Crippen LogP contribution is 2.33. The molecular formula is C16H17N3S2. The number of rotatable bonds is 7. The Morgan fingerprint density at radius 3 is 2.81 bits per heavy atom. The van der Waals surface area contributed by atoms with Crippen molar-refractivity contribution in [3.63, 3.8) is 0 Å².